The van der Waals surface area contributed by atoms with E-state index in [1.54, 1.807) is 6.92 Å². The summed E-state index contributed by atoms with van der Waals surface area (Å²) < 4.78 is 0. The Hall–Kier alpha value is -1.81. The maximum absolute atomic E-state index is 11.3. The summed E-state index contributed by atoms with van der Waals surface area (Å²) in [4.78, 5) is 17.3. The Morgan fingerprint density at radius 2 is 1.79 bits per heavy atom. The highest BCUT2D eigenvalue weighted by molar-refractivity contribution is 7.99. The van der Waals surface area contributed by atoms with Crippen LogP contribution < -0.4 is 0 Å². The highest BCUT2D eigenvalue weighted by Crippen LogP contribution is 2.32. The van der Waals surface area contributed by atoms with Crippen molar-refractivity contribution in [2.45, 2.75) is 30.6 Å². The average molecular weight is 273 g/mol. The number of aromatic nitrogens is 1. The van der Waals surface area contributed by atoms with Gasteiger partial charge in [0.1, 0.15) is 0 Å². The maximum Gasteiger partial charge on any atom is 0.338 e. The topological polar surface area (TPSA) is 50.2 Å². The number of benzene rings is 1. The lowest BCUT2D eigenvalue weighted by molar-refractivity contribution is 0.0691. The molecule has 3 nitrogen and oxygen atoms in total. The molecule has 4 heteroatoms. The molecule has 2 rings (SSSR count). The molecule has 0 saturated heterocycles. The van der Waals surface area contributed by atoms with E-state index < -0.39 is 5.97 Å². The Kier molecular flexibility index (Phi) is 3.90. The minimum atomic E-state index is -0.931. The van der Waals surface area contributed by atoms with Crippen molar-refractivity contribution in [1.82, 2.24) is 4.98 Å². The first-order valence-corrected chi connectivity index (χ1v) is 6.75. The molecule has 1 heterocycles. The van der Waals surface area contributed by atoms with Crippen LogP contribution in [0.1, 0.15) is 27.3 Å². The third-order valence-corrected chi connectivity index (χ3v) is 3.80. The van der Waals surface area contributed by atoms with E-state index in [4.69, 9.17) is 0 Å². The zero-order valence-corrected chi connectivity index (χ0v) is 11.9. The van der Waals surface area contributed by atoms with E-state index in [1.165, 1.54) is 17.3 Å². The van der Waals surface area contributed by atoms with Crippen LogP contribution in [0.15, 0.2) is 40.1 Å². The van der Waals surface area contributed by atoms with Crippen LogP contribution in [0.4, 0.5) is 0 Å². The summed E-state index contributed by atoms with van der Waals surface area (Å²) in [6.45, 7) is 5.63. The van der Waals surface area contributed by atoms with Gasteiger partial charge in [-0.25, -0.2) is 4.79 Å². The molecular formula is C15H15NO2S. The Balaban J connectivity index is 2.44. The zero-order chi connectivity index (χ0) is 14.0. The van der Waals surface area contributed by atoms with Gasteiger partial charge < -0.3 is 5.11 Å². The number of aryl methyl sites for hydroxylation is 3. The molecule has 0 aliphatic heterocycles. The molecule has 0 fully saturated rings. The fraction of sp³-hybridized carbons (Fsp3) is 0.200. The molecule has 0 atom stereocenters. The van der Waals surface area contributed by atoms with Gasteiger partial charge in [-0.1, -0.05) is 29.5 Å². The number of carboxylic acid groups (broad SMARTS) is 1. The highest BCUT2D eigenvalue weighted by Gasteiger charge is 2.16. The zero-order valence-electron chi connectivity index (χ0n) is 11.1. The van der Waals surface area contributed by atoms with Crippen LogP contribution in [0, 0.1) is 20.8 Å². The second kappa shape index (κ2) is 5.45. The lowest BCUT2D eigenvalue weighted by Crippen LogP contribution is -2.05. The smallest absolute Gasteiger partial charge is 0.338 e. The largest absolute Gasteiger partial charge is 0.478 e. The molecule has 0 bridgehead atoms. The summed E-state index contributed by atoms with van der Waals surface area (Å²) in [6.07, 6.45) is 0. The van der Waals surface area contributed by atoms with Gasteiger partial charge >= 0.3 is 5.97 Å². The third kappa shape index (κ3) is 3.15. The average Bonchev–Trinajstić information content (AvgIpc) is 2.30. The van der Waals surface area contributed by atoms with Crippen LogP contribution in [0.3, 0.4) is 0 Å². The summed E-state index contributed by atoms with van der Waals surface area (Å²) in [5.74, 6) is -0.931. The Labute approximate surface area is 116 Å². The normalized spacial score (nSPS) is 10.5. The van der Waals surface area contributed by atoms with Crippen molar-refractivity contribution in [1.29, 1.82) is 0 Å². The second-order valence-electron chi connectivity index (χ2n) is 4.44. The molecule has 98 valence electrons. The molecule has 0 spiro atoms. The predicted molar refractivity (Wildman–Crippen MR) is 76.0 cm³/mol. The van der Waals surface area contributed by atoms with Gasteiger partial charge in [0.15, 0.2) is 0 Å². The van der Waals surface area contributed by atoms with Crippen LogP contribution in [0.5, 0.6) is 0 Å². The van der Waals surface area contributed by atoms with E-state index in [0.29, 0.717) is 5.69 Å². The summed E-state index contributed by atoms with van der Waals surface area (Å²) >= 11 is 1.46. The fourth-order valence-corrected chi connectivity index (χ4v) is 2.96. The van der Waals surface area contributed by atoms with Crippen molar-refractivity contribution < 1.29 is 9.90 Å². The molecule has 1 N–H and O–H groups in total. The summed E-state index contributed by atoms with van der Waals surface area (Å²) in [5.41, 5.74) is 2.86. The van der Waals surface area contributed by atoms with Crippen molar-refractivity contribution >= 4 is 17.7 Å². The van der Waals surface area contributed by atoms with Crippen LogP contribution in [-0.2, 0) is 0 Å². The van der Waals surface area contributed by atoms with Gasteiger partial charge in [-0.3, -0.25) is 4.98 Å². The maximum atomic E-state index is 11.3. The number of hydrogen-bond acceptors (Lipinski definition) is 3. The first kappa shape index (κ1) is 13.6. The number of hydrogen-bond donors (Lipinski definition) is 1. The van der Waals surface area contributed by atoms with E-state index in [2.05, 4.69) is 4.98 Å². The Morgan fingerprint density at radius 1 is 1.16 bits per heavy atom. The summed E-state index contributed by atoms with van der Waals surface area (Å²) in [5, 5.41) is 9.31. The predicted octanol–water partition coefficient (Wildman–Crippen LogP) is 3.86. The van der Waals surface area contributed by atoms with Gasteiger partial charge in [0, 0.05) is 15.5 Å². The molecule has 19 heavy (non-hydrogen) atoms. The molecule has 0 unspecified atom stereocenters. The third-order valence-electron chi connectivity index (χ3n) is 2.75. The monoisotopic (exact) mass is 273 g/mol. The minimum Gasteiger partial charge on any atom is -0.478 e. The summed E-state index contributed by atoms with van der Waals surface area (Å²) in [7, 11) is 0. The molecule has 0 aliphatic carbocycles. The first-order valence-electron chi connectivity index (χ1n) is 5.93. The van der Waals surface area contributed by atoms with Gasteiger partial charge in [0.2, 0.25) is 0 Å². The Morgan fingerprint density at radius 3 is 2.37 bits per heavy atom. The van der Waals surface area contributed by atoms with Crippen molar-refractivity contribution in [2.75, 3.05) is 0 Å². The highest BCUT2D eigenvalue weighted by atomic mass is 32.2. The van der Waals surface area contributed by atoms with E-state index >= 15 is 0 Å². The van der Waals surface area contributed by atoms with Gasteiger partial charge in [-0.15, -0.1) is 0 Å². The minimum absolute atomic E-state index is 0.288. The molecule has 0 radical (unpaired) electrons. The summed E-state index contributed by atoms with van der Waals surface area (Å²) in [6, 6.07) is 9.85. The quantitative estimate of drug-likeness (QED) is 0.922. The molecule has 2 aromatic rings. The first-order chi connectivity index (χ1) is 8.97. The van der Waals surface area contributed by atoms with Gasteiger partial charge in [-0.05, 0) is 39.0 Å². The van der Waals surface area contributed by atoms with Crippen LogP contribution in [-0.4, -0.2) is 16.1 Å². The van der Waals surface area contributed by atoms with Crippen LogP contribution in [0.25, 0.3) is 0 Å². The van der Waals surface area contributed by atoms with Crippen molar-refractivity contribution in [3.05, 3.63) is 52.8 Å². The van der Waals surface area contributed by atoms with Crippen LogP contribution >= 0.6 is 11.8 Å². The van der Waals surface area contributed by atoms with Crippen molar-refractivity contribution in [3.63, 3.8) is 0 Å². The van der Waals surface area contributed by atoms with Crippen LogP contribution in [0.2, 0.25) is 0 Å². The lowest BCUT2D eigenvalue weighted by atomic mass is 10.2. The number of carbonyl (C=O) groups is 1. The fourth-order valence-electron chi connectivity index (χ4n) is 1.87. The second-order valence-corrected chi connectivity index (χ2v) is 5.56. The molecule has 1 aromatic heterocycles. The molecule has 0 amide bonds. The van der Waals surface area contributed by atoms with Crippen molar-refractivity contribution in [2.24, 2.45) is 0 Å². The number of aromatic carboxylic acids is 1. The molecule has 0 aliphatic rings. The number of nitrogens with zero attached hydrogens (tertiary/aromatic N) is 1. The Bertz CT molecular complexity index is 621. The van der Waals surface area contributed by atoms with Gasteiger partial charge in [0.05, 0.1) is 11.3 Å². The van der Waals surface area contributed by atoms with Gasteiger partial charge in [-0.2, -0.15) is 0 Å². The number of pyridine rings is 1. The number of carboxylic acids is 1. The van der Waals surface area contributed by atoms with E-state index in [0.717, 1.165) is 15.5 Å². The van der Waals surface area contributed by atoms with Crippen molar-refractivity contribution in [3.8, 4) is 0 Å². The SMILES string of the molecule is Cc1ccc(Sc2cc(C)nc(C)c2C(=O)O)cc1. The van der Waals surface area contributed by atoms with E-state index in [1.807, 2.05) is 44.2 Å². The van der Waals surface area contributed by atoms with E-state index in [9.17, 15) is 9.90 Å². The molecule has 0 saturated carbocycles. The number of rotatable bonds is 3. The van der Waals surface area contributed by atoms with E-state index in [-0.39, 0.29) is 5.56 Å². The molecule has 1 aromatic carbocycles. The standard InChI is InChI=1S/C15H15NO2S/c1-9-4-6-12(7-5-9)19-13-8-10(2)16-11(3)14(13)15(17)18/h4-8H,1-3H3,(H,17,18). The lowest BCUT2D eigenvalue weighted by Gasteiger charge is -2.09. The molecular weight excluding hydrogens is 258 g/mol. The van der Waals surface area contributed by atoms with Gasteiger partial charge in [0.25, 0.3) is 0 Å².